The van der Waals surface area contributed by atoms with Crippen LogP contribution in [-0.4, -0.2) is 34.7 Å². The lowest BCUT2D eigenvalue weighted by Crippen LogP contribution is -2.28. The number of aromatic nitrogens is 2. The lowest BCUT2D eigenvalue weighted by atomic mass is 10.1. The van der Waals surface area contributed by atoms with Gasteiger partial charge in [0.2, 0.25) is 11.3 Å². The molecule has 0 aliphatic carbocycles. The van der Waals surface area contributed by atoms with Crippen LogP contribution < -0.4 is 21.4 Å². The highest BCUT2D eigenvalue weighted by atomic mass is 35.5. The molecule has 32 heavy (non-hydrogen) atoms. The van der Waals surface area contributed by atoms with Gasteiger partial charge in [0.05, 0.1) is 22.1 Å². The zero-order valence-electron chi connectivity index (χ0n) is 17.5. The fourth-order valence-corrected chi connectivity index (χ4v) is 3.99. The van der Waals surface area contributed by atoms with Crippen molar-refractivity contribution in [1.82, 2.24) is 9.78 Å². The molecule has 9 heteroatoms. The molecule has 1 aliphatic rings. The number of nitrogens with two attached hydrogens (primary N) is 1. The van der Waals surface area contributed by atoms with Gasteiger partial charge in [-0.05, 0) is 50.1 Å². The number of para-hydroxylation sites is 1. The Balaban J connectivity index is 1.74. The molecule has 1 aliphatic heterocycles. The molecular formula is C23H22ClN5O3. The Kier molecular flexibility index (Phi) is 5.96. The first-order valence-corrected chi connectivity index (χ1v) is 10.6. The van der Waals surface area contributed by atoms with Crippen molar-refractivity contribution < 1.29 is 9.59 Å². The molecule has 0 atom stereocenters. The maximum atomic E-state index is 13.1. The van der Waals surface area contributed by atoms with Gasteiger partial charge >= 0.3 is 0 Å². The summed E-state index contributed by atoms with van der Waals surface area (Å²) in [4.78, 5) is 39.5. The van der Waals surface area contributed by atoms with Crippen LogP contribution in [0.2, 0.25) is 5.02 Å². The van der Waals surface area contributed by atoms with Crippen molar-refractivity contribution in [1.29, 1.82) is 0 Å². The fourth-order valence-electron chi connectivity index (χ4n) is 3.78. The Hall–Kier alpha value is -3.65. The molecule has 2 amide bonds. The van der Waals surface area contributed by atoms with Crippen molar-refractivity contribution in [2.75, 3.05) is 23.3 Å². The Morgan fingerprint density at radius 2 is 1.78 bits per heavy atom. The summed E-state index contributed by atoms with van der Waals surface area (Å²) in [5.41, 5.74) is 7.13. The minimum atomic E-state index is -0.683. The molecule has 2 heterocycles. The summed E-state index contributed by atoms with van der Waals surface area (Å²) in [6, 6.07) is 13.3. The third-order valence-corrected chi connectivity index (χ3v) is 5.70. The molecule has 0 bridgehead atoms. The number of amides is 2. The molecule has 1 aromatic heterocycles. The van der Waals surface area contributed by atoms with Crippen molar-refractivity contribution in [3.8, 4) is 5.69 Å². The number of nitrogens with one attached hydrogen (secondary N) is 1. The number of primary amides is 1. The molecule has 4 rings (SSSR count). The van der Waals surface area contributed by atoms with E-state index in [2.05, 4.69) is 15.3 Å². The standard InChI is InChI=1S/C23H22ClN5O3/c1-14-12-20(30)21(27-29(14)18-7-3-2-6-16(18)24)23(32)26-17-13-15(22(25)31)8-9-19(17)28-10-4-5-11-28/h2-3,6-9,12-13H,4-5,10-11H2,1H3,(H2,25,31)(H,26,32). The predicted octanol–water partition coefficient (Wildman–Crippen LogP) is 3.15. The van der Waals surface area contributed by atoms with Gasteiger partial charge in [-0.25, -0.2) is 4.68 Å². The quantitative estimate of drug-likeness (QED) is 0.619. The van der Waals surface area contributed by atoms with E-state index in [4.69, 9.17) is 17.3 Å². The molecule has 0 radical (unpaired) electrons. The van der Waals surface area contributed by atoms with Gasteiger partial charge in [0, 0.05) is 30.4 Å². The Labute approximate surface area is 189 Å². The zero-order valence-corrected chi connectivity index (χ0v) is 18.2. The molecule has 0 saturated carbocycles. The van der Waals surface area contributed by atoms with Crippen molar-refractivity contribution in [2.24, 2.45) is 5.73 Å². The first-order chi connectivity index (χ1) is 15.3. The second-order valence-corrected chi connectivity index (χ2v) is 8.01. The Morgan fingerprint density at radius 3 is 2.47 bits per heavy atom. The van der Waals surface area contributed by atoms with Gasteiger partial charge in [-0.1, -0.05) is 23.7 Å². The predicted molar refractivity (Wildman–Crippen MR) is 124 cm³/mol. The smallest absolute Gasteiger partial charge is 0.280 e. The lowest BCUT2D eigenvalue weighted by Gasteiger charge is -2.22. The highest BCUT2D eigenvalue weighted by Gasteiger charge is 2.21. The highest BCUT2D eigenvalue weighted by Crippen LogP contribution is 2.30. The van der Waals surface area contributed by atoms with Crippen LogP contribution in [-0.2, 0) is 0 Å². The second-order valence-electron chi connectivity index (χ2n) is 7.61. The average molecular weight is 452 g/mol. The number of aryl methyl sites for hydroxylation is 1. The summed E-state index contributed by atoms with van der Waals surface area (Å²) in [5, 5.41) is 7.48. The van der Waals surface area contributed by atoms with Crippen LogP contribution in [0.3, 0.4) is 0 Å². The summed E-state index contributed by atoms with van der Waals surface area (Å²) in [6.07, 6.45) is 2.07. The van der Waals surface area contributed by atoms with Gasteiger partial charge in [0.1, 0.15) is 0 Å². The van der Waals surface area contributed by atoms with Crippen molar-refractivity contribution in [3.05, 3.63) is 80.7 Å². The van der Waals surface area contributed by atoms with E-state index in [1.807, 2.05) is 0 Å². The average Bonchev–Trinajstić information content (AvgIpc) is 3.29. The molecule has 0 spiro atoms. The van der Waals surface area contributed by atoms with Crippen LogP contribution in [0, 0.1) is 6.92 Å². The molecule has 3 aromatic rings. The molecule has 8 nitrogen and oxygen atoms in total. The summed E-state index contributed by atoms with van der Waals surface area (Å²) in [7, 11) is 0. The number of nitrogens with zero attached hydrogens (tertiary/aromatic N) is 3. The van der Waals surface area contributed by atoms with Gasteiger partial charge < -0.3 is 16.0 Å². The summed E-state index contributed by atoms with van der Waals surface area (Å²) >= 11 is 6.28. The van der Waals surface area contributed by atoms with Gasteiger partial charge in [0.15, 0.2) is 5.69 Å². The third-order valence-electron chi connectivity index (χ3n) is 5.38. The normalized spacial score (nSPS) is 13.2. The van der Waals surface area contributed by atoms with Crippen molar-refractivity contribution in [3.63, 3.8) is 0 Å². The fraction of sp³-hybridized carbons (Fsp3) is 0.217. The number of hydrogen-bond donors (Lipinski definition) is 2. The van der Waals surface area contributed by atoms with E-state index < -0.39 is 17.2 Å². The van der Waals surface area contributed by atoms with E-state index in [0.29, 0.717) is 22.1 Å². The topological polar surface area (TPSA) is 110 Å². The van der Waals surface area contributed by atoms with Gasteiger partial charge in [-0.15, -0.1) is 0 Å². The number of carbonyl (C=O) groups is 2. The van der Waals surface area contributed by atoms with Crippen LogP contribution in [0.5, 0.6) is 0 Å². The maximum absolute atomic E-state index is 13.1. The number of halogens is 1. The zero-order chi connectivity index (χ0) is 22.8. The largest absolute Gasteiger partial charge is 0.370 e. The van der Waals surface area contributed by atoms with Gasteiger partial charge in [0.25, 0.3) is 5.91 Å². The minimum absolute atomic E-state index is 0.258. The maximum Gasteiger partial charge on any atom is 0.280 e. The molecule has 1 saturated heterocycles. The lowest BCUT2D eigenvalue weighted by molar-refractivity contribution is 0.0995. The van der Waals surface area contributed by atoms with E-state index in [1.54, 1.807) is 43.3 Å². The first-order valence-electron chi connectivity index (χ1n) is 10.2. The number of carbonyl (C=O) groups excluding carboxylic acids is 2. The molecule has 3 N–H and O–H groups in total. The van der Waals surface area contributed by atoms with E-state index in [0.717, 1.165) is 31.6 Å². The molecular weight excluding hydrogens is 430 g/mol. The molecule has 1 fully saturated rings. The number of anilines is 2. The van der Waals surface area contributed by atoms with E-state index in [1.165, 1.54) is 16.8 Å². The summed E-state index contributed by atoms with van der Waals surface area (Å²) in [6.45, 7) is 3.38. The van der Waals surface area contributed by atoms with Crippen LogP contribution in [0.25, 0.3) is 5.69 Å². The van der Waals surface area contributed by atoms with Crippen molar-refractivity contribution in [2.45, 2.75) is 19.8 Å². The van der Waals surface area contributed by atoms with Crippen LogP contribution in [0.1, 0.15) is 39.4 Å². The van der Waals surface area contributed by atoms with Gasteiger partial charge in [-0.2, -0.15) is 5.10 Å². The minimum Gasteiger partial charge on any atom is -0.370 e. The first kappa shape index (κ1) is 21.6. The van der Waals surface area contributed by atoms with Crippen LogP contribution in [0.4, 0.5) is 11.4 Å². The van der Waals surface area contributed by atoms with Crippen LogP contribution >= 0.6 is 11.6 Å². The number of benzene rings is 2. The van der Waals surface area contributed by atoms with Crippen molar-refractivity contribution >= 4 is 34.8 Å². The summed E-state index contributed by atoms with van der Waals surface area (Å²) < 4.78 is 1.46. The molecule has 164 valence electrons. The number of rotatable bonds is 5. The second kappa shape index (κ2) is 8.84. The Morgan fingerprint density at radius 1 is 1.06 bits per heavy atom. The van der Waals surface area contributed by atoms with E-state index in [-0.39, 0.29) is 11.3 Å². The summed E-state index contributed by atoms with van der Waals surface area (Å²) in [5.74, 6) is -1.29. The monoisotopic (exact) mass is 451 g/mol. The molecule has 0 unspecified atom stereocenters. The van der Waals surface area contributed by atoms with E-state index >= 15 is 0 Å². The van der Waals surface area contributed by atoms with Gasteiger partial charge in [-0.3, -0.25) is 14.4 Å². The van der Waals surface area contributed by atoms with E-state index in [9.17, 15) is 14.4 Å². The number of hydrogen-bond acceptors (Lipinski definition) is 5. The SMILES string of the molecule is Cc1cc(=O)c(C(=O)Nc2cc(C(N)=O)ccc2N2CCCC2)nn1-c1ccccc1Cl. The third kappa shape index (κ3) is 4.22. The highest BCUT2D eigenvalue weighted by molar-refractivity contribution is 6.32. The molecule has 2 aromatic carbocycles. The Bertz CT molecular complexity index is 1260. The van der Waals surface area contributed by atoms with Crippen LogP contribution in [0.15, 0.2) is 53.3 Å².